The van der Waals surface area contributed by atoms with Gasteiger partial charge in [-0.05, 0) is 32.8 Å². The van der Waals surface area contributed by atoms with Crippen LogP contribution in [0, 0.1) is 5.92 Å². The van der Waals surface area contributed by atoms with Crippen molar-refractivity contribution in [1.29, 1.82) is 0 Å². The van der Waals surface area contributed by atoms with E-state index in [0.717, 1.165) is 5.56 Å². The molecule has 0 aromatic carbocycles. The molecule has 1 aromatic rings. The molecule has 2 unspecified atom stereocenters. The van der Waals surface area contributed by atoms with E-state index in [1.54, 1.807) is 12.4 Å². The predicted octanol–water partition coefficient (Wildman–Crippen LogP) is 2.96. The lowest BCUT2D eigenvalue weighted by molar-refractivity contribution is -0.0587. The van der Waals surface area contributed by atoms with Crippen LogP contribution in [-0.2, 0) is 4.74 Å². The van der Waals surface area contributed by atoms with Gasteiger partial charge >= 0.3 is 0 Å². The van der Waals surface area contributed by atoms with E-state index in [-0.39, 0.29) is 18.1 Å². The Kier molecular flexibility index (Phi) is 6.25. The fourth-order valence-electron chi connectivity index (χ4n) is 1.96. The standard InChI is InChI=1S/C15H25NO3/c1-6-18-15(10(2)3)14(17)12-7-13(9-16-8-12)19-11(4)5/h7-11,14-15,17H,6H2,1-5H3. The number of aromatic nitrogens is 1. The Morgan fingerprint density at radius 3 is 2.42 bits per heavy atom. The number of ether oxygens (including phenoxy) is 2. The lowest BCUT2D eigenvalue weighted by atomic mass is 9.97. The van der Waals surface area contributed by atoms with Crippen LogP contribution in [0.4, 0.5) is 0 Å². The summed E-state index contributed by atoms with van der Waals surface area (Å²) in [6, 6.07) is 1.83. The van der Waals surface area contributed by atoms with Crippen molar-refractivity contribution in [1.82, 2.24) is 4.98 Å². The van der Waals surface area contributed by atoms with Crippen LogP contribution in [0.15, 0.2) is 18.5 Å². The predicted molar refractivity (Wildman–Crippen MR) is 75.2 cm³/mol. The van der Waals surface area contributed by atoms with Gasteiger partial charge in [0.1, 0.15) is 11.9 Å². The molecular formula is C15H25NO3. The van der Waals surface area contributed by atoms with Gasteiger partial charge in [-0.1, -0.05) is 13.8 Å². The van der Waals surface area contributed by atoms with Gasteiger partial charge in [0, 0.05) is 18.4 Å². The van der Waals surface area contributed by atoms with Crippen LogP contribution < -0.4 is 4.74 Å². The molecule has 0 saturated heterocycles. The van der Waals surface area contributed by atoms with Crippen LogP contribution >= 0.6 is 0 Å². The molecule has 2 atom stereocenters. The maximum Gasteiger partial charge on any atom is 0.138 e. The summed E-state index contributed by atoms with van der Waals surface area (Å²) in [4.78, 5) is 4.12. The summed E-state index contributed by atoms with van der Waals surface area (Å²) >= 11 is 0. The number of pyridine rings is 1. The van der Waals surface area contributed by atoms with E-state index in [1.807, 2.05) is 40.7 Å². The zero-order chi connectivity index (χ0) is 14.4. The molecule has 1 rings (SSSR count). The van der Waals surface area contributed by atoms with Crippen molar-refractivity contribution in [2.75, 3.05) is 6.61 Å². The van der Waals surface area contributed by atoms with Crippen molar-refractivity contribution in [3.63, 3.8) is 0 Å². The summed E-state index contributed by atoms with van der Waals surface area (Å²) < 4.78 is 11.2. The molecule has 4 heteroatoms. The summed E-state index contributed by atoms with van der Waals surface area (Å²) in [5.41, 5.74) is 0.727. The Labute approximate surface area is 115 Å². The fourth-order valence-corrected chi connectivity index (χ4v) is 1.96. The van der Waals surface area contributed by atoms with Gasteiger partial charge in [0.25, 0.3) is 0 Å². The average molecular weight is 267 g/mol. The summed E-state index contributed by atoms with van der Waals surface area (Å²) in [6.45, 7) is 10.5. The number of nitrogens with zero attached hydrogens (tertiary/aromatic N) is 1. The molecule has 0 aliphatic rings. The highest BCUT2D eigenvalue weighted by Gasteiger charge is 2.25. The molecule has 1 heterocycles. The van der Waals surface area contributed by atoms with Crippen LogP contribution in [0.3, 0.4) is 0 Å². The highest BCUT2D eigenvalue weighted by atomic mass is 16.5. The smallest absolute Gasteiger partial charge is 0.138 e. The summed E-state index contributed by atoms with van der Waals surface area (Å²) in [6.07, 6.45) is 2.47. The molecule has 19 heavy (non-hydrogen) atoms. The number of rotatable bonds is 7. The third-order valence-electron chi connectivity index (χ3n) is 2.77. The molecule has 1 N–H and O–H groups in total. The lowest BCUT2D eigenvalue weighted by Crippen LogP contribution is -2.28. The van der Waals surface area contributed by atoms with Crippen molar-refractivity contribution < 1.29 is 14.6 Å². The van der Waals surface area contributed by atoms with Gasteiger partial charge in [-0.25, -0.2) is 0 Å². The number of hydrogen-bond donors (Lipinski definition) is 1. The zero-order valence-corrected chi connectivity index (χ0v) is 12.5. The fraction of sp³-hybridized carbons (Fsp3) is 0.667. The first-order valence-electron chi connectivity index (χ1n) is 6.87. The highest BCUT2D eigenvalue weighted by Crippen LogP contribution is 2.26. The van der Waals surface area contributed by atoms with Crippen LogP contribution in [0.25, 0.3) is 0 Å². The second kappa shape index (κ2) is 7.46. The summed E-state index contributed by atoms with van der Waals surface area (Å²) in [5, 5.41) is 10.4. The van der Waals surface area contributed by atoms with Crippen LogP contribution in [-0.4, -0.2) is 28.9 Å². The summed E-state index contributed by atoms with van der Waals surface area (Å²) in [5.74, 6) is 0.898. The van der Waals surface area contributed by atoms with E-state index in [1.165, 1.54) is 0 Å². The molecule has 0 radical (unpaired) electrons. The highest BCUT2D eigenvalue weighted by molar-refractivity contribution is 5.26. The third kappa shape index (κ3) is 4.80. The van der Waals surface area contributed by atoms with Gasteiger partial charge in [-0.3, -0.25) is 4.98 Å². The molecule has 4 nitrogen and oxygen atoms in total. The van der Waals surface area contributed by atoms with Gasteiger partial charge in [0.2, 0.25) is 0 Å². The Morgan fingerprint density at radius 1 is 1.21 bits per heavy atom. The van der Waals surface area contributed by atoms with Gasteiger partial charge < -0.3 is 14.6 Å². The first kappa shape index (κ1) is 15.9. The molecular weight excluding hydrogens is 242 g/mol. The van der Waals surface area contributed by atoms with Crippen LogP contribution in [0.2, 0.25) is 0 Å². The minimum atomic E-state index is -0.692. The molecule has 0 aliphatic heterocycles. The monoisotopic (exact) mass is 267 g/mol. The van der Waals surface area contributed by atoms with Crippen LogP contribution in [0.5, 0.6) is 5.75 Å². The number of hydrogen-bond acceptors (Lipinski definition) is 4. The second-order valence-corrected chi connectivity index (χ2v) is 5.23. The first-order valence-corrected chi connectivity index (χ1v) is 6.87. The quantitative estimate of drug-likeness (QED) is 0.825. The molecule has 0 fully saturated rings. The van der Waals surface area contributed by atoms with Gasteiger partial charge in [0.05, 0.1) is 18.4 Å². The molecule has 0 aliphatic carbocycles. The topological polar surface area (TPSA) is 51.6 Å². The maximum absolute atomic E-state index is 10.4. The Hall–Kier alpha value is -1.13. The largest absolute Gasteiger partial charge is 0.489 e. The lowest BCUT2D eigenvalue weighted by Gasteiger charge is -2.26. The van der Waals surface area contributed by atoms with E-state index in [9.17, 15) is 5.11 Å². The third-order valence-corrected chi connectivity index (χ3v) is 2.77. The van der Waals surface area contributed by atoms with E-state index in [4.69, 9.17) is 9.47 Å². The van der Waals surface area contributed by atoms with E-state index in [2.05, 4.69) is 4.98 Å². The van der Waals surface area contributed by atoms with Gasteiger partial charge in [-0.15, -0.1) is 0 Å². The Bertz CT molecular complexity index is 379. The summed E-state index contributed by atoms with van der Waals surface area (Å²) in [7, 11) is 0. The zero-order valence-electron chi connectivity index (χ0n) is 12.5. The molecule has 0 amide bonds. The minimum absolute atomic E-state index is 0.0852. The number of aliphatic hydroxyl groups excluding tert-OH is 1. The van der Waals surface area contributed by atoms with Crippen molar-refractivity contribution in [3.05, 3.63) is 24.0 Å². The van der Waals surface area contributed by atoms with Gasteiger partial charge in [0.15, 0.2) is 0 Å². The van der Waals surface area contributed by atoms with E-state index < -0.39 is 6.10 Å². The number of aliphatic hydroxyl groups is 1. The van der Waals surface area contributed by atoms with Crippen molar-refractivity contribution in [3.8, 4) is 5.75 Å². The van der Waals surface area contributed by atoms with E-state index >= 15 is 0 Å². The molecule has 1 aromatic heterocycles. The molecule has 0 saturated carbocycles. The first-order chi connectivity index (χ1) is 8.95. The average Bonchev–Trinajstić information content (AvgIpc) is 2.34. The van der Waals surface area contributed by atoms with Crippen molar-refractivity contribution in [2.24, 2.45) is 5.92 Å². The van der Waals surface area contributed by atoms with Crippen molar-refractivity contribution in [2.45, 2.75) is 52.9 Å². The second-order valence-electron chi connectivity index (χ2n) is 5.23. The Balaban J connectivity index is 2.88. The van der Waals surface area contributed by atoms with Crippen molar-refractivity contribution >= 4 is 0 Å². The maximum atomic E-state index is 10.4. The molecule has 0 spiro atoms. The normalized spacial score (nSPS) is 14.7. The Morgan fingerprint density at radius 2 is 1.89 bits per heavy atom. The minimum Gasteiger partial charge on any atom is -0.489 e. The SMILES string of the molecule is CCOC(C(C)C)C(O)c1cncc(OC(C)C)c1. The molecule has 108 valence electrons. The van der Waals surface area contributed by atoms with Crippen LogP contribution in [0.1, 0.15) is 46.3 Å². The van der Waals surface area contributed by atoms with E-state index in [0.29, 0.717) is 12.4 Å². The van der Waals surface area contributed by atoms with Gasteiger partial charge in [-0.2, -0.15) is 0 Å². The molecule has 0 bridgehead atoms.